The molecule has 13 nitrogen and oxygen atoms in total. The Bertz CT molecular complexity index is 2400. The minimum absolute atomic E-state index is 0.0129. The smallest absolute Gasteiger partial charge is 0.293 e. The molecule has 7 rings (SSSR count). The number of hydrogen-bond acceptors (Lipinski definition) is 11. The molecule has 0 unspecified atom stereocenters. The van der Waals surface area contributed by atoms with Gasteiger partial charge in [-0.1, -0.05) is 67.1 Å². The van der Waals surface area contributed by atoms with Crippen molar-refractivity contribution in [3.63, 3.8) is 0 Å². The van der Waals surface area contributed by atoms with Gasteiger partial charge in [0.2, 0.25) is 0 Å². The van der Waals surface area contributed by atoms with Crippen LogP contribution in [0.25, 0.3) is 11.1 Å². The van der Waals surface area contributed by atoms with Gasteiger partial charge in [0.05, 0.1) is 15.4 Å². The summed E-state index contributed by atoms with van der Waals surface area (Å²) in [5.74, 6) is -0.0193. The van der Waals surface area contributed by atoms with E-state index in [4.69, 9.17) is 21.1 Å². The van der Waals surface area contributed by atoms with Crippen molar-refractivity contribution in [2.24, 2.45) is 5.92 Å². The standard InChI is InChI=1S/C45H49ClN6O7S/c1-2-47-29-33-6-5-8-38(26-33)59-44-27-37(51-22-20-50(21-23-51)31-35-7-3-4-9-40(35)34-10-12-36(46)13-11-34)14-16-41(44)45(53)49-60(56,57)39-15-17-42(43(28-39)52(54)55)48-30-32-18-24-58-25-19-32/h3-17,26-28,32,47-48H,2,18-25,29-31H2,1H3,(H,49,53). The summed E-state index contributed by atoms with van der Waals surface area (Å²) in [7, 11) is -4.54. The van der Waals surface area contributed by atoms with E-state index >= 15 is 0 Å². The lowest BCUT2D eigenvalue weighted by atomic mass is 9.99. The molecule has 0 saturated carbocycles. The maximum absolute atomic E-state index is 13.9. The molecule has 0 spiro atoms. The highest BCUT2D eigenvalue weighted by molar-refractivity contribution is 7.90. The molecule has 0 aliphatic carbocycles. The molecule has 3 N–H and O–H groups in total. The van der Waals surface area contributed by atoms with Crippen LogP contribution < -0.4 is 25.0 Å². The van der Waals surface area contributed by atoms with Gasteiger partial charge in [-0.3, -0.25) is 19.8 Å². The number of nitrogens with one attached hydrogen (secondary N) is 3. The van der Waals surface area contributed by atoms with Crippen molar-refractivity contribution in [2.45, 2.75) is 37.8 Å². The zero-order chi connectivity index (χ0) is 42.1. The van der Waals surface area contributed by atoms with E-state index in [-0.39, 0.29) is 22.9 Å². The number of nitro groups is 1. The van der Waals surface area contributed by atoms with Crippen molar-refractivity contribution in [1.82, 2.24) is 14.9 Å². The lowest BCUT2D eigenvalue weighted by Gasteiger charge is -2.36. The average molecular weight is 853 g/mol. The van der Waals surface area contributed by atoms with Crippen LogP contribution in [0.3, 0.4) is 0 Å². The van der Waals surface area contributed by atoms with E-state index in [1.165, 1.54) is 17.7 Å². The van der Waals surface area contributed by atoms with Gasteiger partial charge >= 0.3 is 0 Å². The molecule has 0 radical (unpaired) electrons. The van der Waals surface area contributed by atoms with Gasteiger partial charge in [0.1, 0.15) is 17.2 Å². The summed E-state index contributed by atoms with van der Waals surface area (Å²) >= 11 is 6.16. The first-order chi connectivity index (χ1) is 29.1. The average Bonchev–Trinajstić information content (AvgIpc) is 3.26. The van der Waals surface area contributed by atoms with Crippen molar-refractivity contribution in [1.29, 1.82) is 0 Å². The number of piperazine rings is 1. The van der Waals surface area contributed by atoms with Crippen LogP contribution in [-0.2, 0) is 27.8 Å². The van der Waals surface area contributed by atoms with Gasteiger partial charge in [-0.25, -0.2) is 13.1 Å². The first-order valence-corrected chi connectivity index (χ1v) is 22.0. The molecule has 0 bridgehead atoms. The molecule has 60 heavy (non-hydrogen) atoms. The molecule has 15 heteroatoms. The van der Waals surface area contributed by atoms with Crippen LogP contribution in [-0.4, -0.2) is 76.6 Å². The number of carbonyl (C=O) groups excluding carboxylic acids is 1. The number of nitro benzene ring substituents is 1. The molecule has 2 saturated heterocycles. The largest absolute Gasteiger partial charge is 0.456 e. The highest BCUT2D eigenvalue weighted by atomic mass is 35.5. The number of amides is 1. The van der Waals surface area contributed by atoms with Crippen molar-refractivity contribution < 1.29 is 27.6 Å². The summed E-state index contributed by atoms with van der Waals surface area (Å²) in [5, 5.41) is 19.2. The van der Waals surface area contributed by atoms with Crippen LogP contribution in [0.15, 0.2) is 114 Å². The van der Waals surface area contributed by atoms with Crippen LogP contribution >= 0.6 is 11.6 Å². The topological polar surface area (TPSA) is 155 Å². The number of rotatable bonds is 16. The van der Waals surface area contributed by atoms with Crippen molar-refractivity contribution in [2.75, 3.05) is 62.7 Å². The molecule has 2 heterocycles. The lowest BCUT2D eigenvalue weighted by molar-refractivity contribution is -0.384. The van der Waals surface area contributed by atoms with Crippen LogP contribution in [0, 0.1) is 16.0 Å². The molecular formula is C45H49ClN6O7S. The van der Waals surface area contributed by atoms with E-state index in [1.54, 1.807) is 24.3 Å². The maximum atomic E-state index is 13.9. The number of ether oxygens (including phenoxy) is 2. The van der Waals surface area contributed by atoms with Gasteiger partial charge in [-0.05, 0) is 96.1 Å². The van der Waals surface area contributed by atoms with Crippen LogP contribution in [0.1, 0.15) is 41.3 Å². The minimum Gasteiger partial charge on any atom is -0.456 e. The number of sulfonamides is 1. The lowest BCUT2D eigenvalue weighted by Crippen LogP contribution is -2.46. The number of benzene rings is 5. The van der Waals surface area contributed by atoms with Gasteiger partial charge in [0.15, 0.2) is 0 Å². The molecular weight excluding hydrogens is 804 g/mol. The first kappa shape index (κ1) is 42.6. The first-order valence-electron chi connectivity index (χ1n) is 20.2. The Hall–Kier alpha value is -5.51. The molecule has 5 aromatic carbocycles. The van der Waals surface area contributed by atoms with Gasteiger partial charge in [0.25, 0.3) is 21.6 Å². The Morgan fingerprint density at radius 2 is 1.68 bits per heavy atom. The fraction of sp³-hybridized carbons (Fsp3) is 0.311. The van der Waals surface area contributed by atoms with Gasteiger partial charge < -0.3 is 25.0 Å². The monoisotopic (exact) mass is 852 g/mol. The summed E-state index contributed by atoms with van der Waals surface area (Å²) in [4.78, 5) is 29.5. The second kappa shape index (κ2) is 19.7. The number of halogens is 1. The summed E-state index contributed by atoms with van der Waals surface area (Å²) in [6, 6.07) is 32.4. The van der Waals surface area contributed by atoms with E-state index in [0.717, 1.165) is 67.5 Å². The summed E-state index contributed by atoms with van der Waals surface area (Å²) in [5.41, 5.74) is 5.06. The molecule has 0 atom stereocenters. The Morgan fingerprint density at radius 1 is 0.917 bits per heavy atom. The summed E-state index contributed by atoms with van der Waals surface area (Å²) < 4.78 is 41.2. The van der Waals surface area contributed by atoms with Gasteiger partial charge in [0, 0.05) is 81.9 Å². The second-order valence-electron chi connectivity index (χ2n) is 14.9. The van der Waals surface area contributed by atoms with Crippen molar-refractivity contribution in [3.8, 4) is 22.6 Å². The molecule has 314 valence electrons. The van der Waals surface area contributed by atoms with Crippen LogP contribution in [0.4, 0.5) is 17.1 Å². The molecule has 5 aromatic rings. The fourth-order valence-electron chi connectivity index (χ4n) is 7.49. The summed E-state index contributed by atoms with van der Waals surface area (Å²) in [6.45, 7) is 8.92. The minimum atomic E-state index is -4.54. The molecule has 2 aliphatic rings. The summed E-state index contributed by atoms with van der Waals surface area (Å²) in [6.07, 6.45) is 1.65. The number of nitrogens with zero attached hydrogens (tertiary/aromatic N) is 3. The van der Waals surface area contributed by atoms with Crippen molar-refractivity contribution >= 4 is 44.6 Å². The van der Waals surface area contributed by atoms with Crippen LogP contribution in [0.5, 0.6) is 11.5 Å². The van der Waals surface area contributed by atoms with E-state index in [2.05, 4.69) is 43.4 Å². The highest BCUT2D eigenvalue weighted by Crippen LogP contribution is 2.34. The Kier molecular flexibility index (Phi) is 14.0. The molecule has 2 aliphatic heterocycles. The predicted molar refractivity (Wildman–Crippen MR) is 234 cm³/mol. The van der Waals surface area contributed by atoms with Crippen molar-refractivity contribution in [3.05, 3.63) is 141 Å². The van der Waals surface area contributed by atoms with E-state index in [1.807, 2.05) is 55.5 Å². The van der Waals surface area contributed by atoms with E-state index < -0.39 is 31.4 Å². The normalized spacial score (nSPS) is 15.1. The van der Waals surface area contributed by atoms with Crippen LogP contribution in [0.2, 0.25) is 5.02 Å². The van der Waals surface area contributed by atoms with Gasteiger partial charge in [-0.15, -0.1) is 0 Å². The maximum Gasteiger partial charge on any atom is 0.293 e. The zero-order valence-corrected chi connectivity index (χ0v) is 35.0. The fourth-order valence-corrected chi connectivity index (χ4v) is 8.60. The number of hydrogen-bond donors (Lipinski definition) is 3. The quantitative estimate of drug-likeness (QED) is 0.0652. The van der Waals surface area contributed by atoms with Gasteiger partial charge in [-0.2, -0.15) is 0 Å². The third kappa shape index (κ3) is 10.8. The molecule has 0 aromatic heterocycles. The van der Waals surface area contributed by atoms with E-state index in [0.29, 0.717) is 50.2 Å². The molecule has 2 fully saturated rings. The second-order valence-corrected chi connectivity index (χ2v) is 17.1. The predicted octanol–water partition coefficient (Wildman–Crippen LogP) is 8.10. The Morgan fingerprint density at radius 3 is 2.43 bits per heavy atom. The number of carbonyl (C=O) groups is 1. The highest BCUT2D eigenvalue weighted by Gasteiger charge is 2.27. The zero-order valence-electron chi connectivity index (χ0n) is 33.4. The van der Waals surface area contributed by atoms with E-state index in [9.17, 15) is 23.3 Å². The Labute approximate surface area is 355 Å². The number of anilines is 2. The molecule has 1 amide bonds. The third-order valence-electron chi connectivity index (χ3n) is 10.8. The Balaban J connectivity index is 1.09. The third-order valence-corrected chi connectivity index (χ3v) is 12.4. The SMILES string of the molecule is CCNCc1cccc(Oc2cc(N3CCN(Cc4ccccc4-c4ccc(Cl)cc4)CC3)ccc2C(=O)NS(=O)(=O)c2ccc(NCC3CCOCC3)c([N+](=O)[O-])c2)c1.